The van der Waals surface area contributed by atoms with E-state index in [0.29, 0.717) is 45.7 Å². The number of halogens is 2. The lowest BCUT2D eigenvalue weighted by Crippen LogP contribution is -2.59. The molecule has 1 aromatic rings. The van der Waals surface area contributed by atoms with E-state index in [9.17, 15) is 0 Å². The smallest absolute Gasteiger partial charge is 0.226 e. The van der Waals surface area contributed by atoms with Crippen LogP contribution < -0.4 is 16.2 Å². The Kier molecular flexibility index (Phi) is 7.69. The summed E-state index contributed by atoms with van der Waals surface area (Å²) in [4.78, 5) is 14.4. The number of nitrogens with zero attached hydrogens (tertiary/aromatic N) is 3. The third-order valence-electron chi connectivity index (χ3n) is 4.01. The number of hydrogen-bond donors (Lipinski definition) is 2. The van der Waals surface area contributed by atoms with Gasteiger partial charge in [-0.05, 0) is 18.2 Å². The zero-order valence-corrected chi connectivity index (χ0v) is 17.6. The van der Waals surface area contributed by atoms with Crippen LogP contribution in [0.15, 0.2) is 38.7 Å². The van der Waals surface area contributed by atoms with Crippen molar-refractivity contribution in [3.05, 3.63) is 28.7 Å². The van der Waals surface area contributed by atoms with Crippen LogP contribution in [-0.4, -0.2) is 49.1 Å². The van der Waals surface area contributed by atoms with E-state index in [-0.39, 0.29) is 28.9 Å². The molecule has 3 rings (SSSR count). The van der Waals surface area contributed by atoms with Crippen LogP contribution in [0.4, 0.5) is 0 Å². The van der Waals surface area contributed by atoms with Gasteiger partial charge in [0, 0.05) is 23.7 Å². The lowest BCUT2D eigenvalue weighted by molar-refractivity contribution is -0.190. The van der Waals surface area contributed by atoms with E-state index in [0.717, 1.165) is 10.2 Å². The molecule has 0 unspecified atom stereocenters. The van der Waals surface area contributed by atoms with Crippen LogP contribution in [-0.2, 0) is 9.57 Å². The maximum absolute atomic E-state index is 6.01. The molecule has 4 N–H and O–H groups in total. The molecule has 0 atom stereocenters. The first-order chi connectivity index (χ1) is 12.1. The molecule has 0 saturated carbocycles. The van der Waals surface area contributed by atoms with Crippen molar-refractivity contribution >= 4 is 44.8 Å². The largest absolute Gasteiger partial charge is 0.493 e. The summed E-state index contributed by atoms with van der Waals surface area (Å²) in [5, 5.41) is 1.57. The number of hydrogen-bond acceptors (Lipinski definition) is 8. The van der Waals surface area contributed by atoms with Crippen molar-refractivity contribution in [2.75, 3.05) is 26.4 Å². The molecular formula is C16H23Br2N5O3. The van der Waals surface area contributed by atoms with Gasteiger partial charge in [-0.2, -0.15) is 10.1 Å². The van der Waals surface area contributed by atoms with Crippen molar-refractivity contribution in [1.29, 1.82) is 0 Å². The van der Waals surface area contributed by atoms with Crippen molar-refractivity contribution in [2.45, 2.75) is 24.9 Å². The number of nitrogens with two attached hydrogens (primary N) is 2. The molecule has 26 heavy (non-hydrogen) atoms. The molecule has 1 aromatic carbocycles. The summed E-state index contributed by atoms with van der Waals surface area (Å²) in [6.07, 6.45) is 2.00. The highest BCUT2D eigenvalue weighted by atomic mass is 79.9. The lowest BCUT2D eigenvalue weighted by Gasteiger charge is -2.43. The molecule has 0 amide bonds. The summed E-state index contributed by atoms with van der Waals surface area (Å²) in [6, 6.07) is 7.71. The van der Waals surface area contributed by atoms with Crippen LogP contribution in [0.3, 0.4) is 0 Å². The van der Waals surface area contributed by atoms with E-state index in [1.165, 1.54) is 0 Å². The maximum Gasteiger partial charge on any atom is 0.226 e. The SMILES string of the molecule is Br.NC1=NC2(CCOCC2)N(OCCCOc2cccc(Br)c2)C(N)=N1. The van der Waals surface area contributed by atoms with Gasteiger partial charge in [-0.25, -0.2) is 4.99 Å². The predicted octanol–water partition coefficient (Wildman–Crippen LogP) is 2.18. The molecule has 10 heteroatoms. The third-order valence-corrected chi connectivity index (χ3v) is 4.50. The Morgan fingerprint density at radius 3 is 2.73 bits per heavy atom. The van der Waals surface area contributed by atoms with Crippen LogP contribution >= 0.6 is 32.9 Å². The minimum Gasteiger partial charge on any atom is -0.493 e. The summed E-state index contributed by atoms with van der Waals surface area (Å²) >= 11 is 3.42. The van der Waals surface area contributed by atoms with Gasteiger partial charge in [-0.3, -0.25) is 4.84 Å². The van der Waals surface area contributed by atoms with Gasteiger partial charge < -0.3 is 20.9 Å². The summed E-state index contributed by atoms with van der Waals surface area (Å²) in [6.45, 7) is 2.12. The first-order valence-electron chi connectivity index (χ1n) is 8.18. The van der Waals surface area contributed by atoms with Gasteiger partial charge >= 0.3 is 0 Å². The van der Waals surface area contributed by atoms with Crippen LogP contribution in [0, 0.1) is 0 Å². The van der Waals surface area contributed by atoms with Gasteiger partial charge in [-0.15, -0.1) is 17.0 Å². The Balaban J connectivity index is 0.00000243. The fraction of sp³-hybridized carbons (Fsp3) is 0.500. The Hall–Kier alpha value is -1.36. The van der Waals surface area contributed by atoms with Gasteiger partial charge in [0.15, 0.2) is 5.66 Å². The average Bonchev–Trinajstić information content (AvgIpc) is 2.57. The molecule has 2 heterocycles. The van der Waals surface area contributed by atoms with Crippen molar-refractivity contribution < 1.29 is 14.3 Å². The van der Waals surface area contributed by atoms with E-state index in [2.05, 4.69) is 25.9 Å². The highest BCUT2D eigenvalue weighted by molar-refractivity contribution is 9.10. The molecule has 8 nitrogen and oxygen atoms in total. The van der Waals surface area contributed by atoms with Crippen molar-refractivity contribution in [3.8, 4) is 5.75 Å². The van der Waals surface area contributed by atoms with E-state index in [4.69, 9.17) is 25.8 Å². The topological polar surface area (TPSA) is 108 Å². The van der Waals surface area contributed by atoms with Crippen LogP contribution in [0.1, 0.15) is 19.3 Å². The molecule has 0 bridgehead atoms. The minimum atomic E-state index is -0.626. The van der Waals surface area contributed by atoms with E-state index >= 15 is 0 Å². The van der Waals surface area contributed by atoms with Crippen LogP contribution in [0.2, 0.25) is 0 Å². The molecule has 2 aliphatic heterocycles. The molecule has 1 spiro atoms. The molecule has 1 fully saturated rings. The predicted molar refractivity (Wildman–Crippen MR) is 108 cm³/mol. The zero-order valence-electron chi connectivity index (χ0n) is 14.3. The fourth-order valence-corrected chi connectivity index (χ4v) is 3.20. The maximum atomic E-state index is 6.01. The van der Waals surface area contributed by atoms with E-state index < -0.39 is 5.66 Å². The Morgan fingerprint density at radius 2 is 2.00 bits per heavy atom. The summed E-state index contributed by atoms with van der Waals surface area (Å²) < 4.78 is 12.1. The van der Waals surface area contributed by atoms with Gasteiger partial charge in [0.05, 0.1) is 26.4 Å². The summed E-state index contributed by atoms with van der Waals surface area (Å²) in [5.74, 6) is 1.21. The second-order valence-corrected chi connectivity index (χ2v) is 6.74. The molecule has 1 saturated heterocycles. The van der Waals surface area contributed by atoms with Crippen molar-refractivity contribution in [1.82, 2.24) is 5.06 Å². The second kappa shape index (κ2) is 9.54. The fourth-order valence-electron chi connectivity index (χ4n) is 2.82. The molecule has 144 valence electrons. The average molecular weight is 493 g/mol. The lowest BCUT2D eigenvalue weighted by atomic mass is 10.0. The molecule has 0 radical (unpaired) electrons. The third kappa shape index (κ3) is 5.09. The van der Waals surface area contributed by atoms with Crippen LogP contribution in [0.25, 0.3) is 0 Å². The summed E-state index contributed by atoms with van der Waals surface area (Å²) in [5.41, 5.74) is 11.2. The number of aliphatic imine (C=N–C) groups is 2. The summed E-state index contributed by atoms with van der Waals surface area (Å²) in [7, 11) is 0. The van der Waals surface area contributed by atoms with E-state index in [1.807, 2.05) is 24.3 Å². The van der Waals surface area contributed by atoms with Gasteiger partial charge in [0.25, 0.3) is 0 Å². The Labute approximate surface area is 171 Å². The Morgan fingerprint density at radius 1 is 1.23 bits per heavy atom. The number of hydroxylamine groups is 2. The van der Waals surface area contributed by atoms with Gasteiger partial charge in [-0.1, -0.05) is 22.0 Å². The zero-order chi connectivity index (χ0) is 17.7. The Bertz CT molecular complexity index is 665. The standard InChI is InChI=1S/C16H22BrN5O3.BrH/c17-12-3-1-4-13(11-12)24-7-2-8-25-22-15(19)20-14(18)21-16(22)5-9-23-10-6-16;/h1,3-4,11H,2,5-10H2,(H4,18,19,20,21);1H. The minimum absolute atomic E-state index is 0. The molecule has 0 aliphatic carbocycles. The highest BCUT2D eigenvalue weighted by Crippen LogP contribution is 2.31. The van der Waals surface area contributed by atoms with Crippen molar-refractivity contribution in [3.63, 3.8) is 0 Å². The molecule has 2 aliphatic rings. The number of guanidine groups is 2. The number of benzene rings is 1. The van der Waals surface area contributed by atoms with Gasteiger partial charge in [0.1, 0.15) is 5.75 Å². The first kappa shape index (κ1) is 20.9. The van der Waals surface area contributed by atoms with Crippen molar-refractivity contribution in [2.24, 2.45) is 21.5 Å². The molecular weight excluding hydrogens is 470 g/mol. The normalized spacial score (nSPS) is 18.7. The second-order valence-electron chi connectivity index (χ2n) is 5.82. The number of rotatable bonds is 6. The van der Waals surface area contributed by atoms with E-state index in [1.54, 1.807) is 5.06 Å². The molecule has 0 aromatic heterocycles. The monoisotopic (exact) mass is 491 g/mol. The van der Waals surface area contributed by atoms with Crippen LogP contribution in [0.5, 0.6) is 5.75 Å². The quantitative estimate of drug-likeness (QED) is 0.589. The van der Waals surface area contributed by atoms with Gasteiger partial charge in [0.2, 0.25) is 11.9 Å². The first-order valence-corrected chi connectivity index (χ1v) is 8.97. The number of ether oxygens (including phenoxy) is 2. The highest BCUT2D eigenvalue weighted by Gasteiger charge is 2.43.